The lowest BCUT2D eigenvalue weighted by molar-refractivity contribution is -0.660. The summed E-state index contributed by atoms with van der Waals surface area (Å²) in [6, 6.07) is 10.8. The zero-order valence-electron chi connectivity index (χ0n) is 14.5. The van der Waals surface area contributed by atoms with E-state index in [0.29, 0.717) is 0 Å². The molecule has 0 amide bonds. The van der Waals surface area contributed by atoms with Crippen molar-refractivity contribution in [1.29, 1.82) is 0 Å². The molecule has 0 spiro atoms. The van der Waals surface area contributed by atoms with Crippen LogP contribution in [-0.2, 0) is 14.1 Å². The number of hydrogen-bond acceptors (Lipinski definition) is 1. The van der Waals surface area contributed by atoms with Gasteiger partial charge in [-0.25, -0.2) is 4.98 Å². The van der Waals surface area contributed by atoms with E-state index in [4.69, 9.17) is 0 Å². The number of imidazole rings is 2. The molecule has 0 aliphatic heterocycles. The summed E-state index contributed by atoms with van der Waals surface area (Å²) in [7, 11) is 4.16. The van der Waals surface area contributed by atoms with E-state index < -0.39 is 0 Å². The Morgan fingerprint density at radius 3 is 2.58 bits per heavy atom. The van der Waals surface area contributed by atoms with Gasteiger partial charge in [-0.2, -0.15) is 4.57 Å². The van der Waals surface area contributed by atoms with Crippen LogP contribution in [0.4, 0.5) is 0 Å². The van der Waals surface area contributed by atoms with Crippen LogP contribution in [0, 0.1) is 13.8 Å². The van der Waals surface area contributed by atoms with Gasteiger partial charge in [-0.15, -0.1) is 0 Å². The van der Waals surface area contributed by atoms with Gasteiger partial charge >= 0.3 is 0 Å². The number of aryl methyl sites for hydroxylation is 4. The van der Waals surface area contributed by atoms with Crippen LogP contribution in [0.3, 0.4) is 0 Å². The van der Waals surface area contributed by atoms with Crippen molar-refractivity contribution in [2.45, 2.75) is 13.8 Å². The van der Waals surface area contributed by atoms with Gasteiger partial charge < -0.3 is 4.57 Å². The second-order valence-corrected chi connectivity index (χ2v) is 6.39. The van der Waals surface area contributed by atoms with Crippen LogP contribution in [0.1, 0.15) is 11.1 Å². The highest BCUT2D eigenvalue weighted by Crippen LogP contribution is 2.28. The SMILES string of the molecule is Cc1ccccc1-c1c[n+](C)c(-c2cn3ccnc3n2C)cc1C. The molecule has 0 aliphatic carbocycles. The van der Waals surface area contributed by atoms with Crippen LogP contribution in [0.25, 0.3) is 28.3 Å². The molecular formula is C20H21N4+. The largest absolute Gasteiger partial charge is 0.308 e. The molecular weight excluding hydrogens is 296 g/mol. The molecule has 3 heterocycles. The highest BCUT2D eigenvalue weighted by atomic mass is 15.2. The Balaban J connectivity index is 1.90. The van der Waals surface area contributed by atoms with Gasteiger partial charge in [0.2, 0.25) is 11.5 Å². The van der Waals surface area contributed by atoms with E-state index in [0.717, 1.165) is 11.5 Å². The van der Waals surface area contributed by atoms with Crippen molar-refractivity contribution < 1.29 is 4.57 Å². The number of fused-ring (bicyclic) bond motifs is 1. The molecule has 0 radical (unpaired) electrons. The minimum atomic E-state index is 0.950. The van der Waals surface area contributed by atoms with Crippen molar-refractivity contribution in [3.8, 4) is 22.5 Å². The Hall–Kier alpha value is -2.88. The first kappa shape index (κ1) is 14.7. The number of benzene rings is 1. The Kier molecular flexibility index (Phi) is 3.27. The first-order valence-electron chi connectivity index (χ1n) is 8.11. The Morgan fingerprint density at radius 1 is 1.04 bits per heavy atom. The van der Waals surface area contributed by atoms with E-state index in [9.17, 15) is 0 Å². The number of nitrogens with zero attached hydrogens (tertiary/aromatic N) is 4. The molecule has 0 saturated carbocycles. The van der Waals surface area contributed by atoms with Crippen LogP contribution in [-0.4, -0.2) is 14.0 Å². The third kappa shape index (κ3) is 2.14. The number of hydrogen-bond donors (Lipinski definition) is 0. The molecule has 4 heteroatoms. The molecule has 120 valence electrons. The van der Waals surface area contributed by atoms with E-state index in [1.807, 2.05) is 12.4 Å². The van der Waals surface area contributed by atoms with Gasteiger partial charge in [0.1, 0.15) is 12.7 Å². The summed E-state index contributed by atoms with van der Waals surface area (Å²) in [6.45, 7) is 4.34. The van der Waals surface area contributed by atoms with Crippen molar-refractivity contribution in [3.05, 3.63) is 66.2 Å². The van der Waals surface area contributed by atoms with Gasteiger partial charge in [-0.3, -0.25) is 4.40 Å². The zero-order chi connectivity index (χ0) is 16.8. The standard InChI is InChI=1S/C20H21N4/c1-14-7-5-6-8-16(14)17-12-22(3)18(11-15(17)2)19-13-24-10-9-21-20(24)23(19)4/h5-13H,1-4H3/q+1. The van der Waals surface area contributed by atoms with E-state index in [1.54, 1.807) is 0 Å². The minimum Gasteiger partial charge on any atom is -0.308 e. The van der Waals surface area contributed by atoms with Crippen LogP contribution in [0.5, 0.6) is 0 Å². The van der Waals surface area contributed by atoms with Crippen molar-refractivity contribution in [2.75, 3.05) is 0 Å². The average Bonchev–Trinajstić information content (AvgIpc) is 3.13. The van der Waals surface area contributed by atoms with Crippen molar-refractivity contribution in [2.24, 2.45) is 14.1 Å². The van der Waals surface area contributed by atoms with Crippen LogP contribution in [0.15, 0.2) is 55.1 Å². The van der Waals surface area contributed by atoms with Gasteiger partial charge in [-0.1, -0.05) is 24.3 Å². The summed E-state index contributed by atoms with van der Waals surface area (Å²) in [5, 5.41) is 0. The van der Waals surface area contributed by atoms with Crippen LogP contribution >= 0.6 is 0 Å². The molecule has 0 N–H and O–H groups in total. The molecule has 4 nitrogen and oxygen atoms in total. The fourth-order valence-electron chi connectivity index (χ4n) is 3.39. The summed E-state index contributed by atoms with van der Waals surface area (Å²) in [6.07, 6.45) is 8.16. The quantitative estimate of drug-likeness (QED) is 0.520. The fraction of sp³-hybridized carbons (Fsp3) is 0.200. The Labute approximate surface area is 141 Å². The monoisotopic (exact) mass is 317 g/mol. The molecule has 0 atom stereocenters. The molecule has 1 aromatic carbocycles. The third-order valence-electron chi connectivity index (χ3n) is 4.75. The first-order chi connectivity index (χ1) is 11.6. The van der Waals surface area contributed by atoms with Gasteiger partial charge in [0.25, 0.3) is 0 Å². The molecule has 0 saturated heterocycles. The number of pyridine rings is 1. The highest BCUT2D eigenvalue weighted by molar-refractivity contribution is 5.70. The predicted octanol–water partition coefficient (Wildman–Crippen LogP) is 3.45. The van der Waals surface area contributed by atoms with Crippen molar-refractivity contribution in [1.82, 2.24) is 14.0 Å². The van der Waals surface area contributed by atoms with Crippen LogP contribution in [0.2, 0.25) is 0 Å². The topological polar surface area (TPSA) is 26.1 Å². The van der Waals surface area contributed by atoms with Gasteiger partial charge in [-0.05, 0) is 30.5 Å². The third-order valence-corrected chi connectivity index (χ3v) is 4.75. The maximum Gasteiger partial charge on any atom is 0.230 e. The molecule has 3 aromatic heterocycles. The zero-order valence-corrected chi connectivity index (χ0v) is 14.5. The summed E-state index contributed by atoms with van der Waals surface area (Å²) in [4.78, 5) is 4.41. The predicted molar refractivity (Wildman–Crippen MR) is 95.7 cm³/mol. The summed E-state index contributed by atoms with van der Waals surface area (Å²) >= 11 is 0. The molecule has 0 unspecified atom stereocenters. The van der Waals surface area contributed by atoms with E-state index >= 15 is 0 Å². The second-order valence-electron chi connectivity index (χ2n) is 6.39. The van der Waals surface area contributed by atoms with Crippen molar-refractivity contribution >= 4 is 5.78 Å². The lowest BCUT2D eigenvalue weighted by Crippen LogP contribution is -2.31. The molecule has 0 bridgehead atoms. The summed E-state index contributed by atoms with van der Waals surface area (Å²) in [5.41, 5.74) is 7.47. The Morgan fingerprint density at radius 2 is 1.83 bits per heavy atom. The van der Waals surface area contributed by atoms with Gasteiger partial charge in [0.15, 0.2) is 6.20 Å². The Bertz CT molecular complexity index is 1050. The molecule has 24 heavy (non-hydrogen) atoms. The van der Waals surface area contributed by atoms with Crippen molar-refractivity contribution in [3.63, 3.8) is 0 Å². The first-order valence-corrected chi connectivity index (χ1v) is 8.11. The minimum absolute atomic E-state index is 0.950. The highest BCUT2D eigenvalue weighted by Gasteiger charge is 2.19. The van der Waals surface area contributed by atoms with Crippen LogP contribution < -0.4 is 4.57 Å². The number of rotatable bonds is 2. The van der Waals surface area contributed by atoms with E-state index in [-0.39, 0.29) is 0 Å². The molecule has 4 rings (SSSR count). The lowest BCUT2D eigenvalue weighted by Gasteiger charge is -2.10. The lowest BCUT2D eigenvalue weighted by atomic mass is 9.97. The molecule has 0 fully saturated rings. The second kappa shape index (κ2) is 5.34. The normalized spacial score (nSPS) is 11.3. The summed E-state index contributed by atoms with van der Waals surface area (Å²) in [5.74, 6) is 0.950. The summed E-state index contributed by atoms with van der Waals surface area (Å²) < 4.78 is 6.38. The maximum atomic E-state index is 4.41. The van der Waals surface area contributed by atoms with Gasteiger partial charge in [0.05, 0.1) is 0 Å². The smallest absolute Gasteiger partial charge is 0.230 e. The van der Waals surface area contributed by atoms with E-state index in [2.05, 4.69) is 89.2 Å². The molecule has 4 aromatic rings. The number of aromatic nitrogens is 4. The fourth-order valence-corrected chi connectivity index (χ4v) is 3.39. The van der Waals surface area contributed by atoms with Gasteiger partial charge in [0, 0.05) is 37.3 Å². The average molecular weight is 317 g/mol. The maximum absolute atomic E-state index is 4.41. The van der Waals surface area contributed by atoms with E-state index in [1.165, 1.54) is 27.9 Å². The molecule has 0 aliphatic rings.